The highest BCUT2D eigenvalue weighted by Crippen LogP contribution is 2.31. The molecule has 3 heterocycles. The van der Waals surface area contributed by atoms with Gasteiger partial charge in [0.1, 0.15) is 11.6 Å². The molecule has 0 saturated carbocycles. The summed E-state index contributed by atoms with van der Waals surface area (Å²) in [6.45, 7) is 1.94. The predicted molar refractivity (Wildman–Crippen MR) is 143 cm³/mol. The zero-order chi connectivity index (χ0) is 25.4. The van der Waals surface area contributed by atoms with Crippen LogP contribution in [0.2, 0.25) is 0 Å². The summed E-state index contributed by atoms with van der Waals surface area (Å²) in [6.07, 6.45) is 1.80. The number of nitrogens with one attached hydrogen (secondary N) is 2. The zero-order valence-corrected chi connectivity index (χ0v) is 21.1. The normalized spacial score (nSPS) is 16.3. The molecule has 5 aromatic rings. The number of rotatable bonds is 6. The number of aromatic nitrogens is 3. The highest BCUT2D eigenvalue weighted by molar-refractivity contribution is 7.16. The summed E-state index contributed by atoms with van der Waals surface area (Å²) in [7, 11) is 1.55. The third kappa shape index (κ3) is 4.68. The van der Waals surface area contributed by atoms with Crippen molar-refractivity contribution in [2.75, 3.05) is 20.2 Å². The number of likely N-dealkylation sites (tertiary alicyclic amines) is 1. The molecule has 9 heteroatoms. The van der Waals surface area contributed by atoms with Gasteiger partial charge in [-0.1, -0.05) is 12.1 Å². The molecule has 1 fully saturated rings. The highest BCUT2D eigenvalue weighted by Gasteiger charge is 2.24. The van der Waals surface area contributed by atoms with Gasteiger partial charge in [-0.25, -0.2) is 9.37 Å². The fourth-order valence-electron chi connectivity index (χ4n) is 5.07. The van der Waals surface area contributed by atoms with Gasteiger partial charge in [0.05, 0.1) is 34.0 Å². The van der Waals surface area contributed by atoms with E-state index in [1.807, 2.05) is 35.8 Å². The molecule has 1 amide bonds. The van der Waals surface area contributed by atoms with Crippen molar-refractivity contribution in [3.63, 3.8) is 0 Å². The van der Waals surface area contributed by atoms with E-state index >= 15 is 0 Å². The third-order valence-corrected chi connectivity index (χ3v) is 7.74. The fraction of sp³-hybridized carbons (Fsp3) is 0.250. The first kappa shape index (κ1) is 23.6. The van der Waals surface area contributed by atoms with E-state index in [1.165, 1.54) is 6.07 Å². The van der Waals surface area contributed by atoms with Crippen LogP contribution in [0, 0.1) is 5.82 Å². The molecule has 1 saturated heterocycles. The summed E-state index contributed by atoms with van der Waals surface area (Å²) in [6, 6.07) is 16.5. The number of methoxy groups -OCH3 is 1. The van der Waals surface area contributed by atoms with Crippen LogP contribution in [0.25, 0.3) is 32.4 Å². The number of halogens is 1. The molecule has 37 heavy (non-hydrogen) atoms. The van der Waals surface area contributed by atoms with Gasteiger partial charge >= 0.3 is 0 Å². The molecule has 2 N–H and O–H groups in total. The SMILES string of the molecule is COc1cccc(F)c1CN1CCCC(NC(=O)c2ccc3[nH]nc(-c4ccc5ncsc5c4)c3c2)C1. The number of H-pyrrole nitrogens is 1. The van der Waals surface area contributed by atoms with E-state index in [2.05, 4.69) is 31.5 Å². The van der Waals surface area contributed by atoms with Crippen molar-refractivity contribution in [2.24, 2.45) is 0 Å². The second kappa shape index (κ2) is 9.91. The van der Waals surface area contributed by atoms with Crippen molar-refractivity contribution < 1.29 is 13.9 Å². The molecule has 2 aromatic heterocycles. The van der Waals surface area contributed by atoms with Crippen LogP contribution in [0.3, 0.4) is 0 Å². The van der Waals surface area contributed by atoms with Crippen LogP contribution in [0.4, 0.5) is 4.39 Å². The molecule has 3 aromatic carbocycles. The van der Waals surface area contributed by atoms with Gasteiger partial charge < -0.3 is 10.1 Å². The minimum Gasteiger partial charge on any atom is -0.496 e. The van der Waals surface area contributed by atoms with Crippen molar-refractivity contribution in [1.29, 1.82) is 0 Å². The van der Waals surface area contributed by atoms with Gasteiger partial charge in [-0.15, -0.1) is 11.3 Å². The van der Waals surface area contributed by atoms with Crippen molar-refractivity contribution in [2.45, 2.75) is 25.4 Å². The van der Waals surface area contributed by atoms with E-state index in [-0.39, 0.29) is 17.8 Å². The zero-order valence-electron chi connectivity index (χ0n) is 20.3. The minimum absolute atomic E-state index is 0.0210. The smallest absolute Gasteiger partial charge is 0.251 e. The number of aromatic amines is 1. The first-order valence-electron chi connectivity index (χ1n) is 12.3. The molecular weight excluding hydrogens is 489 g/mol. The van der Waals surface area contributed by atoms with Crippen LogP contribution < -0.4 is 10.1 Å². The molecule has 0 radical (unpaired) electrons. The van der Waals surface area contributed by atoms with Crippen molar-refractivity contribution in [1.82, 2.24) is 25.4 Å². The molecule has 7 nitrogen and oxygen atoms in total. The standard InChI is InChI=1S/C28H26FN5O2S/c1-36-25-6-2-5-22(29)21(25)15-34-11-3-4-19(14-34)31-28(35)18-8-9-23-20(12-18)27(33-32-23)17-7-10-24-26(13-17)37-16-30-24/h2,5-10,12-13,16,19H,3-4,11,14-15H2,1H3,(H,31,35)(H,32,33). The number of ether oxygens (including phenoxy) is 1. The Balaban J connectivity index is 1.19. The minimum atomic E-state index is -0.274. The lowest BCUT2D eigenvalue weighted by Crippen LogP contribution is -2.47. The van der Waals surface area contributed by atoms with Gasteiger partial charge in [-0.2, -0.15) is 5.10 Å². The predicted octanol–water partition coefficient (Wildman–Crippen LogP) is 5.38. The van der Waals surface area contributed by atoms with Crippen molar-refractivity contribution in [3.05, 3.63) is 77.1 Å². The molecule has 1 unspecified atom stereocenters. The van der Waals surface area contributed by atoms with Gasteiger partial charge in [0, 0.05) is 41.2 Å². The molecule has 0 spiro atoms. The molecule has 188 valence electrons. The monoisotopic (exact) mass is 515 g/mol. The highest BCUT2D eigenvalue weighted by atomic mass is 32.1. The summed E-state index contributed by atoms with van der Waals surface area (Å²) in [5.41, 5.74) is 6.59. The maximum atomic E-state index is 14.5. The second-order valence-corrected chi connectivity index (χ2v) is 10.2. The van der Waals surface area contributed by atoms with Gasteiger partial charge in [0.15, 0.2) is 0 Å². The summed E-state index contributed by atoms with van der Waals surface area (Å²) >= 11 is 1.59. The number of carbonyl (C=O) groups excluding carboxylic acids is 1. The Morgan fingerprint density at radius 1 is 1.24 bits per heavy atom. The number of nitrogens with zero attached hydrogens (tertiary/aromatic N) is 3. The Bertz CT molecular complexity index is 1600. The van der Waals surface area contributed by atoms with Crippen LogP contribution in [-0.4, -0.2) is 52.2 Å². The van der Waals surface area contributed by atoms with Gasteiger partial charge in [-0.05, 0) is 61.9 Å². The van der Waals surface area contributed by atoms with Crippen LogP contribution >= 0.6 is 11.3 Å². The first-order chi connectivity index (χ1) is 18.1. The Morgan fingerprint density at radius 3 is 3.05 bits per heavy atom. The lowest BCUT2D eigenvalue weighted by molar-refractivity contribution is 0.0899. The van der Waals surface area contributed by atoms with E-state index in [1.54, 1.807) is 30.6 Å². The number of hydrogen-bond donors (Lipinski definition) is 2. The maximum Gasteiger partial charge on any atom is 0.251 e. The number of fused-ring (bicyclic) bond motifs is 2. The van der Waals surface area contributed by atoms with Crippen LogP contribution in [-0.2, 0) is 6.54 Å². The number of carbonyl (C=O) groups is 1. The lowest BCUT2D eigenvalue weighted by atomic mass is 10.0. The topological polar surface area (TPSA) is 83.1 Å². The van der Waals surface area contributed by atoms with E-state index in [0.29, 0.717) is 30.0 Å². The van der Waals surface area contributed by atoms with Gasteiger partial charge in [0.2, 0.25) is 0 Å². The summed E-state index contributed by atoms with van der Waals surface area (Å²) in [4.78, 5) is 19.8. The van der Waals surface area contributed by atoms with E-state index < -0.39 is 0 Å². The lowest BCUT2D eigenvalue weighted by Gasteiger charge is -2.33. The van der Waals surface area contributed by atoms with Crippen molar-refractivity contribution >= 4 is 38.4 Å². The van der Waals surface area contributed by atoms with E-state index in [0.717, 1.165) is 51.8 Å². The summed E-state index contributed by atoms with van der Waals surface area (Å²) < 4.78 is 20.9. The first-order valence-corrected chi connectivity index (χ1v) is 13.1. The number of benzene rings is 3. The Morgan fingerprint density at radius 2 is 2.16 bits per heavy atom. The van der Waals surface area contributed by atoms with Gasteiger partial charge in [0.25, 0.3) is 5.91 Å². The summed E-state index contributed by atoms with van der Waals surface area (Å²) in [5, 5.41) is 11.7. The van der Waals surface area contributed by atoms with Gasteiger partial charge in [-0.3, -0.25) is 14.8 Å². The number of amides is 1. The van der Waals surface area contributed by atoms with Crippen molar-refractivity contribution in [3.8, 4) is 17.0 Å². The molecule has 6 rings (SSSR count). The number of thiazole rings is 1. The van der Waals surface area contributed by atoms with Crippen LogP contribution in [0.5, 0.6) is 5.75 Å². The Labute approximate surface area is 217 Å². The average Bonchev–Trinajstić information content (AvgIpc) is 3.56. The molecule has 1 aliphatic heterocycles. The quantitative estimate of drug-likeness (QED) is 0.317. The molecule has 1 atom stereocenters. The molecule has 0 bridgehead atoms. The maximum absolute atomic E-state index is 14.5. The average molecular weight is 516 g/mol. The summed E-state index contributed by atoms with van der Waals surface area (Å²) in [5.74, 6) is 0.149. The third-order valence-electron chi connectivity index (χ3n) is 6.95. The largest absolute Gasteiger partial charge is 0.496 e. The van der Waals surface area contributed by atoms with E-state index in [9.17, 15) is 9.18 Å². The fourth-order valence-corrected chi connectivity index (χ4v) is 5.79. The Hall–Kier alpha value is -3.82. The molecule has 0 aliphatic carbocycles. The van der Waals surface area contributed by atoms with Crippen LogP contribution in [0.15, 0.2) is 60.1 Å². The molecular formula is C28H26FN5O2S. The Kier molecular flexibility index (Phi) is 6.31. The van der Waals surface area contributed by atoms with Crippen LogP contribution in [0.1, 0.15) is 28.8 Å². The number of hydrogen-bond acceptors (Lipinski definition) is 6. The second-order valence-electron chi connectivity index (χ2n) is 9.34. The number of piperidine rings is 1. The van der Waals surface area contributed by atoms with E-state index in [4.69, 9.17) is 4.74 Å². The molecule has 1 aliphatic rings.